The SMILES string of the molecule is CC(C)(C)CC(=O)Nc1cc2cc(F)c(C#N)cc2n1C1CCC1. The second kappa shape index (κ2) is 5.94. The Labute approximate surface area is 141 Å². The second-order valence-corrected chi connectivity index (χ2v) is 7.77. The van der Waals surface area contributed by atoms with Crippen molar-refractivity contribution in [3.05, 3.63) is 29.6 Å². The highest BCUT2D eigenvalue weighted by Gasteiger charge is 2.26. The lowest BCUT2D eigenvalue weighted by atomic mass is 9.92. The van der Waals surface area contributed by atoms with E-state index in [1.807, 2.05) is 26.8 Å². The van der Waals surface area contributed by atoms with E-state index in [9.17, 15) is 9.18 Å². The van der Waals surface area contributed by atoms with Crippen molar-refractivity contribution in [3.63, 3.8) is 0 Å². The Kier molecular flexibility index (Phi) is 4.08. The summed E-state index contributed by atoms with van der Waals surface area (Å²) in [6, 6.07) is 6.96. The number of fused-ring (bicyclic) bond motifs is 1. The van der Waals surface area contributed by atoms with Crippen molar-refractivity contribution in [2.24, 2.45) is 5.41 Å². The molecule has 1 amide bonds. The van der Waals surface area contributed by atoms with Gasteiger partial charge >= 0.3 is 0 Å². The molecule has 24 heavy (non-hydrogen) atoms. The number of rotatable bonds is 3. The van der Waals surface area contributed by atoms with E-state index in [-0.39, 0.29) is 16.9 Å². The summed E-state index contributed by atoms with van der Waals surface area (Å²) < 4.78 is 16.0. The maximum absolute atomic E-state index is 13.9. The van der Waals surface area contributed by atoms with Gasteiger partial charge in [-0.25, -0.2) is 4.39 Å². The largest absolute Gasteiger partial charge is 0.324 e. The Balaban J connectivity index is 2.03. The predicted octanol–water partition coefficient (Wildman–Crippen LogP) is 4.75. The van der Waals surface area contributed by atoms with Crippen LogP contribution in [0.1, 0.15) is 58.1 Å². The van der Waals surface area contributed by atoms with Gasteiger partial charge in [-0.15, -0.1) is 0 Å². The molecule has 1 saturated carbocycles. The van der Waals surface area contributed by atoms with Crippen LogP contribution in [0, 0.1) is 22.6 Å². The van der Waals surface area contributed by atoms with Gasteiger partial charge in [0.15, 0.2) is 0 Å². The molecule has 1 heterocycles. The van der Waals surface area contributed by atoms with Gasteiger partial charge in [0.25, 0.3) is 0 Å². The highest BCUT2D eigenvalue weighted by atomic mass is 19.1. The van der Waals surface area contributed by atoms with E-state index in [0.717, 1.165) is 24.8 Å². The summed E-state index contributed by atoms with van der Waals surface area (Å²) >= 11 is 0. The molecule has 0 atom stereocenters. The average Bonchev–Trinajstić information content (AvgIpc) is 2.71. The Hall–Kier alpha value is -2.35. The Bertz CT molecular complexity index is 835. The smallest absolute Gasteiger partial charge is 0.226 e. The molecular weight excluding hydrogens is 305 g/mol. The summed E-state index contributed by atoms with van der Waals surface area (Å²) in [6.07, 6.45) is 3.62. The van der Waals surface area contributed by atoms with Crippen LogP contribution in [0.5, 0.6) is 0 Å². The topological polar surface area (TPSA) is 57.8 Å². The van der Waals surface area contributed by atoms with Crippen LogP contribution in [-0.2, 0) is 4.79 Å². The lowest BCUT2D eigenvalue weighted by Gasteiger charge is -2.30. The van der Waals surface area contributed by atoms with Crippen molar-refractivity contribution in [3.8, 4) is 6.07 Å². The summed E-state index contributed by atoms with van der Waals surface area (Å²) in [5.74, 6) is 0.119. The van der Waals surface area contributed by atoms with Crippen LogP contribution in [0.3, 0.4) is 0 Å². The number of aromatic nitrogens is 1. The number of nitriles is 1. The molecule has 4 nitrogen and oxygen atoms in total. The van der Waals surface area contributed by atoms with Gasteiger partial charge in [0, 0.05) is 17.8 Å². The lowest BCUT2D eigenvalue weighted by Crippen LogP contribution is -2.24. The third-order valence-electron chi connectivity index (χ3n) is 4.45. The molecule has 2 aromatic rings. The van der Waals surface area contributed by atoms with Gasteiger partial charge < -0.3 is 9.88 Å². The highest BCUT2D eigenvalue weighted by Crippen LogP contribution is 2.39. The molecule has 1 aromatic carbocycles. The Morgan fingerprint density at radius 1 is 1.38 bits per heavy atom. The van der Waals surface area contributed by atoms with E-state index in [0.29, 0.717) is 23.7 Å². The molecule has 3 rings (SSSR count). The first-order valence-corrected chi connectivity index (χ1v) is 8.33. The molecule has 5 heteroatoms. The molecule has 1 aliphatic rings. The predicted molar refractivity (Wildman–Crippen MR) is 92.2 cm³/mol. The first-order chi connectivity index (χ1) is 11.3. The first kappa shape index (κ1) is 16.5. The van der Waals surface area contributed by atoms with Gasteiger partial charge in [0.2, 0.25) is 5.91 Å². The minimum atomic E-state index is -0.525. The van der Waals surface area contributed by atoms with Crippen molar-refractivity contribution < 1.29 is 9.18 Å². The number of benzene rings is 1. The third-order valence-corrected chi connectivity index (χ3v) is 4.45. The van der Waals surface area contributed by atoms with Crippen LogP contribution in [-0.4, -0.2) is 10.5 Å². The van der Waals surface area contributed by atoms with Crippen LogP contribution < -0.4 is 5.32 Å². The fourth-order valence-corrected chi connectivity index (χ4v) is 3.14. The Morgan fingerprint density at radius 2 is 2.08 bits per heavy atom. The van der Waals surface area contributed by atoms with E-state index in [1.165, 1.54) is 6.07 Å². The Morgan fingerprint density at radius 3 is 2.62 bits per heavy atom. The molecule has 0 saturated heterocycles. The van der Waals surface area contributed by atoms with Crippen LogP contribution >= 0.6 is 0 Å². The van der Waals surface area contributed by atoms with Gasteiger partial charge in [-0.2, -0.15) is 5.26 Å². The van der Waals surface area contributed by atoms with Gasteiger partial charge in [-0.05, 0) is 42.9 Å². The summed E-state index contributed by atoms with van der Waals surface area (Å²) in [5.41, 5.74) is 0.745. The van der Waals surface area contributed by atoms with Crippen LogP contribution in [0.4, 0.5) is 10.2 Å². The minimum Gasteiger partial charge on any atom is -0.324 e. The molecule has 1 fully saturated rings. The van der Waals surface area contributed by atoms with E-state index < -0.39 is 5.82 Å². The zero-order valence-electron chi connectivity index (χ0n) is 14.3. The summed E-state index contributed by atoms with van der Waals surface area (Å²) in [4.78, 5) is 12.3. The maximum Gasteiger partial charge on any atom is 0.226 e. The fraction of sp³-hybridized carbons (Fsp3) is 0.474. The number of hydrogen-bond donors (Lipinski definition) is 1. The van der Waals surface area contributed by atoms with Gasteiger partial charge in [0.05, 0.1) is 11.1 Å². The molecule has 126 valence electrons. The normalized spacial score (nSPS) is 15.1. The number of nitrogens with one attached hydrogen (secondary N) is 1. The summed E-state index contributed by atoms with van der Waals surface area (Å²) in [7, 11) is 0. The molecule has 1 aromatic heterocycles. The van der Waals surface area contributed by atoms with Crippen molar-refractivity contribution in [1.29, 1.82) is 5.26 Å². The highest BCUT2D eigenvalue weighted by molar-refractivity contribution is 5.95. The number of nitrogens with zero attached hydrogens (tertiary/aromatic N) is 2. The van der Waals surface area contributed by atoms with Crippen LogP contribution in [0.2, 0.25) is 0 Å². The molecular formula is C19H22FN3O. The fourth-order valence-electron chi connectivity index (χ4n) is 3.14. The molecule has 1 N–H and O–H groups in total. The number of carbonyl (C=O) groups is 1. The number of carbonyl (C=O) groups excluding carboxylic acids is 1. The third kappa shape index (κ3) is 3.14. The van der Waals surface area contributed by atoms with Crippen molar-refractivity contribution in [2.45, 2.75) is 52.5 Å². The summed E-state index contributed by atoms with van der Waals surface area (Å²) in [5, 5.41) is 12.8. The van der Waals surface area contributed by atoms with Gasteiger partial charge in [-0.3, -0.25) is 4.79 Å². The molecule has 1 aliphatic carbocycles. The molecule has 0 aliphatic heterocycles. The number of amides is 1. The van der Waals surface area contributed by atoms with E-state index >= 15 is 0 Å². The lowest BCUT2D eigenvalue weighted by molar-refractivity contribution is -0.117. The van der Waals surface area contributed by atoms with E-state index in [4.69, 9.17) is 5.26 Å². The monoisotopic (exact) mass is 327 g/mol. The maximum atomic E-state index is 13.9. The quantitative estimate of drug-likeness (QED) is 0.884. The molecule has 0 bridgehead atoms. The first-order valence-electron chi connectivity index (χ1n) is 8.33. The van der Waals surface area contributed by atoms with Crippen molar-refractivity contribution >= 4 is 22.6 Å². The number of halogens is 1. The standard InChI is InChI=1S/C19H22FN3O/c1-19(2,3)10-18(24)22-17-9-12-7-15(20)13(11-21)8-16(12)23(17)14-5-4-6-14/h7-9,14H,4-6,10H2,1-3H3,(H,22,24). The van der Waals surface area contributed by atoms with Crippen LogP contribution in [0.25, 0.3) is 10.9 Å². The van der Waals surface area contributed by atoms with E-state index in [1.54, 1.807) is 12.1 Å². The van der Waals surface area contributed by atoms with Crippen molar-refractivity contribution in [1.82, 2.24) is 4.57 Å². The summed E-state index contributed by atoms with van der Waals surface area (Å²) in [6.45, 7) is 6.05. The van der Waals surface area contributed by atoms with E-state index in [2.05, 4.69) is 9.88 Å². The minimum absolute atomic E-state index is 0.0359. The molecule has 0 spiro atoms. The zero-order valence-corrected chi connectivity index (χ0v) is 14.3. The second-order valence-electron chi connectivity index (χ2n) is 7.77. The average molecular weight is 327 g/mol. The van der Waals surface area contributed by atoms with Crippen LogP contribution in [0.15, 0.2) is 18.2 Å². The molecule has 0 unspecified atom stereocenters. The molecule has 0 radical (unpaired) electrons. The van der Waals surface area contributed by atoms with Gasteiger partial charge in [-0.1, -0.05) is 20.8 Å². The zero-order chi connectivity index (χ0) is 17.5. The number of anilines is 1. The van der Waals surface area contributed by atoms with Gasteiger partial charge in [0.1, 0.15) is 17.7 Å². The van der Waals surface area contributed by atoms with Crippen molar-refractivity contribution in [2.75, 3.05) is 5.32 Å². The number of hydrogen-bond acceptors (Lipinski definition) is 2.